The Labute approximate surface area is 208 Å². The van der Waals surface area contributed by atoms with Gasteiger partial charge in [-0.2, -0.15) is 0 Å². The van der Waals surface area contributed by atoms with Crippen molar-refractivity contribution in [2.75, 3.05) is 26.2 Å². The van der Waals surface area contributed by atoms with Gasteiger partial charge in [0.2, 0.25) is 5.91 Å². The molecule has 2 N–H and O–H groups in total. The van der Waals surface area contributed by atoms with Crippen LogP contribution < -0.4 is 0 Å². The number of aliphatic hydroxyl groups is 1. The van der Waals surface area contributed by atoms with Crippen LogP contribution in [0.5, 0.6) is 0 Å². The van der Waals surface area contributed by atoms with Gasteiger partial charge in [-0.25, -0.2) is 0 Å². The van der Waals surface area contributed by atoms with Crippen molar-refractivity contribution in [2.45, 2.75) is 63.0 Å². The zero-order valence-corrected chi connectivity index (χ0v) is 20.5. The van der Waals surface area contributed by atoms with Crippen LogP contribution in [0, 0.1) is 5.41 Å². The Bertz CT molecular complexity index is 959. The van der Waals surface area contributed by atoms with E-state index in [1.165, 1.54) is 5.56 Å². The first-order chi connectivity index (χ1) is 17.0. The monoisotopic (exact) mass is 478 g/mol. The number of likely N-dealkylation sites (tertiary alicyclic amines) is 2. The second-order valence-corrected chi connectivity index (χ2v) is 10.4. The number of piperidine rings is 2. The van der Waals surface area contributed by atoms with Gasteiger partial charge in [0, 0.05) is 25.0 Å². The highest BCUT2D eigenvalue weighted by Crippen LogP contribution is 2.47. The molecule has 6 heteroatoms. The summed E-state index contributed by atoms with van der Waals surface area (Å²) in [6, 6.07) is 21.1. The molecule has 1 amide bonds. The molecule has 0 radical (unpaired) electrons. The molecule has 2 atom stereocenters. The van der Waals surface area contributed by atoms with Crippen molar-refractivity contribution >= 4 is 12.4 Å². The van der Waals surface area contributed by atoms with Gasteiger partial charge in [0.1, 0.15) is 0 Å². The number of carbonyl (C=O) groups is 2. The van der Waals surface area contributed by atoms with E-state index in [0.29, 0.717) is 5.91 Å². The second-order valence-electron chi connectivity index (χ2n) is 10.4. The molecule has 1 spiro atoms. The summed E-state index contributed by atoms with van der Waals surface area (Å²) in [5, 5.41) is 17.6. The molecule has 0 unspecified atom stereocenters. The minimum Gasteiger partial charge on any atom is -0.483 e. The zero-order chi connectivity index (χ0) is 24.7. The van der Waals surface area contributed by atoms with Gasteiger partial charge in [-0.3, -0.25) is 14.5 Å². The van der Waals surface area contributed by atoms with Crippen LogP contribution in [0.2, 0.25) is 0 Å². The van der Waals surface area contributed by atoms with E-state index in [-0.39, 0.29) is 18.0 Å². The molecule has 2 aromatic carbocycles. The molecular weight excluding hydrogens is 440 g/mol. The topological polar surface area (TPSA) is 81.1 Å². The fourth-order valence-corrected chi connectivity index (χ4v) is 6.55. The third-order valence-corrected chi connectivity index (χ3v) is 8.45. The van der Waals surface area contributed by atoms with Gasteiger partial charge in [0.25, 0.3) is 6.47 Å². The van der Waals surface area contributed by atoms with Gasteiger partial charge in [-0.1, -0.05) is 67.1 Å². The smallest absolute Gasteiger partial charge is 0.290 e. The summed E-state index contributed by atoms with van der Waals surface area (Å²) in [4.78, 5) is 27.2. The molecule has 2 heterocycles. The standard InChI is InChI=1S/C28H36N2O2.CH2O2/c31-25-13-7-14-27(25)15-8-18-30(22-27)26(32)28(24-11-5-2-6-12-24)16-19-29(20-17-28)21-23-9-3-1-4-10-23;2-1-3/h1-6,9-12,25,31H,7-8,13-22H2;1H,(H,2,3)/t25-,27+;/m1./s1. The molecule has 2 aliphatic heterocycles. The Hall–Kier alpha value is -2.70. The summed E-state index contributed by atoms with van der Waals surface area (Å²) in [5.74, 6) is 0.293. The van der Waals surface area contributed by atoms with Crippen molar-refractivity contribution in [3.8, 4) is 0 Å². The third-order valence-electron chi connectivity index (χ3n) is 8.45. The Morgan fingerprint density at radius 1 is 0.914 bits per heavy atom. The Morgan fingerprint density at radius 3 is 2.11 bits per heavy atom. The fraction of sp³-hybridized carbons (Fsp3) is 0.517. The molecule has 35 heavy (non-hydrogen) atoms. The lowest BCUT2D eigenvalue weighted by atomic mass is 9.70. The quantitative estimate of drug-likeness (QED) is 0.648. The van der Waals surface area contributed by atoms with E-state index < -0.39 is 5.41 Å². The molecule has 1 saturated carbocycles. The van der Waals surface area contributed by atoms with E-state index in [9.17, 15) is 9.90 Å². The van der Waals surface area contributed by atoms with Crippen LogP contribution in [0.25, 0.3) is 0 Å². The highest BCUT2D eigenvalue weighted by molar-refractivity contribution is 5.88. The number of carbonyl (C=O) groups excluding carboxylic acids is 1. The van der Waals surface area contributed by atoms with Crippen LogP contribution in [0.15, 0.2) is 60.7 Å². The van der Waals surface area contributed by atoms with Crippen molar-refractivity contribution in [1.82, 2.24) is 9.80 Å². The molecule has 0 bridgehead atoms. The molecule has 3 aliphatic rings. The van der Waals surface area contributed by atoms with Crippen molar-refractivity contribution < 1.29 is 19.8 Å². The number of amides is 1. The van der Waals surface area contributed by atoms with E-state index in [1.807, 2.05) is 6.07 Å². The molecule has 0 aromatic heterocycles. The van der Waals surface area contributed by atoms with Gasteiger partial charge in [0.15, 0.2) is 0 Å². The average Bonchev–Trinajstić information content (AvgIpc) is 3.24. The predicted molar refractivity (Wildman–Crippen MR) is 136 cm³/mol. The minimum atomic E-state index is -0.448. The number of benzene rings is 2. The van der Waals surface area contributed by atoms with Crippen molar-refractivity contribution in [1.29, 1.82) is 0 Å². The first kappa shape index (κ1) is 25.4. The largest absolute Gasteiger partial charge is 0.483 e. The van der Waals surface area contributed by atoms with Crippen molar-refractivity contribution in [3.05, 3.63) is 71.8 Å². The molecule has 188 valence electrons. The summed E-state index contributed by atoms with van der Waals surface area (Å²) in [5.41, 5.74) is 1.98. The maximum absolute atomic E-state index is 14.2. The Kier molecular flexibility index (Phi) is 8.24. The maximum atomic E-state index is 14.2. The van der Waals surface area contributed by atoms with Crippen LogP contribution in [-0.2, 0) is 21.5 Å². The van der Waals surface area contributed by atoms with E-state index in [2.05, 4.69) is 64.4 Å². The lowest BCUT2D eigenvalue weighted by molar-refractivity contribution is -0.145. The van der Waals surface area contributed by atoms with E-state index >= 15 is 0 Å². The highest BCUT2D eigenvalue weighted by atomic mass is 16.3. The lowest BCUT2D eigenvalue weighted by Crippen LogP contribution is -2.57. The zero-order valence-electron chi connectivity index (χ0n) is 20.5. The van der Waals surface area contributed by atoms with Crippen LogP contribution in [0.1, 0.15) is 56.1 Å². The first-order valence-electron chi connectivity index (χ1n) is 12.9. The average molecular weight is 479 g/mol. The van der Waals surface area contributed by atoms with Crippen molar-refractivity contribution in [2.24, 2.45) is 5.41 Å². The number of nitrogens with zero attached hydrogens (tertiary/aromatic N) is 2. The number of rotatable bonds is 4. The van der Waals surface area contributed by atoms with Crippen LogP contribution in [0.3, 0.4) is 0 Å². The van der Waals surface area contributed by atoms with Gasteiger partial charge in [-0.05, 0) is 62.7 Å². The van der Waals surface area contributed by atoms with Gasteiger partial charge >= 0.3 is 0 Å². The summed E-state index contributed by atoms with van der Waals surface area (Å²) in [7, 11) is 0. The van der Waals surface area contributed by atoms with E-state index in [4.69, 9.17) is 9.90 Å². The molecule has 6 nitrogen and oxygen atoms in total. The fourth-order valence-electron chi connectivity index (χ4n) is 6.55. The number of aliphatic hydroxyl groups excluding tert-OH is 1. The summed E-state index contributed by atoms with van der Waals surface area (Å²) >= 11 is 0. The first-order valence-corrected chi connectivity index (χ1v) is 12.9. The van der Waals surface area contributed by atoms with Crippen LogP contribution >= 0.6 is 0 Å². The molecule has 5 rings (SSSR count). The molecule has 2 saturated heterocycles. The minimum absolute atomic E-state index is 0.0696. The predicted octanol–water partition coefficient (Wildman–Crippen LogP) is 4.07. The van der Waals surface area contributed by atoms with E-state index in [1.54, 1.807) is 0 Å². The van der Waals surface area contributed by atoms with Gasteiger partial charge in [-0.15, -0.1) is 0 Å². The summed E-state index contributed by atoms with van der Waals surface area (Å²) < 4.78 is 0. The normalized spacial score (nSPS) is 26.1. The number of carboxylic acid groups (broad SMARTS) is 1. The molecule has 2 aromatic rings. The van der Waals surface area contributed by atoms with E-state index in [0.717, 1.165) is 83.2 Å². The Morgan fingerprint density at radius 2 is 1.51 bits per heavy atom. The summed E-state index contributed by atoms with van der Waals surface area (Å²) in [6.45, 7) is 4.11. The lowest BCUT2D eigenvalue weighted by Gasteiger charge is -2.48. The maximum Gasteiger partial charge on any atom is 0.290 e. The van der Waals surface area contributed by atoms with Crippen LogP contribution in [-0.4, -0.2) is 64.7 Å². The third kappa shape index (κ3) is 5.44. The molecule has 3 fully saturated rings. The highest BCUT2D eigenvalue weighted by Gasteiger charge is 2.50. The van der Waals surface area contributed by atoms with Crippen molar-refractivity contribution in [3.63, 3.8) is 0 Å². The van der Waals surface area contributed by atoms with Gasteiger partial charge < -0.3 is 15.1 Å². The summed E-state index contributed by atoms with van der Waals surface area (Å²) in [6.07, 6.45) is 6.56. The Balaban J connectivity index is 0.000000917. The second kappa shape index (κ2) is 11.4. The SMILES string of the molecule is O=C(N1CCC[C@@]2(CCC[C@H]2O)C1)C1(c2ccccc2)CCN(Cc2ccccc2)CC1.O=CO. The van der Waals surface area contributed by atoms with Crippen LogP contribution in [0.4, 0.5) is 0 Å². The number of hydrogen-bond donors (Lipinski definition) is 2. The molecule has 1 aliphatic carbocycles. The molecular formula is C29H38N2O4. The van der Waals surface area contributed by atoms with Gasteiger partial charge in [0.05, 0.1) is 11.5 Å². The number of hydrogen-bond acceptors (Lipinski definition) is 4.